The molecular weight excluding hydrogens is 351 g/mol. The number of carboxylic acids is 1. The fourth-order valence-corrected chi connectivity index (χ4v) is 4.94. The Morgan fingerprint density at radius 2 is 1.96 bits per heavy atom. The van der Waals surface area contributed by atoms with Gasteiger partial charge in [-0.25, -0.2) is 12.8 Å². The predicted molar refractivity (Wildman–Crippen MR) is 89.2 cm³/mol. The second-order valence-corrected chi connectivity index (χ2v) is 8.46. The maximum Gasteiger partial charge on any atom is 0.306 e. The van der Waals surface area contributed by atoms with Gasteiger partial charge in [-0.2, -0.15) is 0 Å². The fraction of sp³-hybridized carbons (Fsp3) is 0.500. The number of nitrogens with one attached hydrogen (secondary N) is 1. The summed E-state index contributed by atoms with van der Waals surface area (Å²) < 4.78 is 39.0. The molecule has 0 unspecified atom stereocenters. The van der Waals surface area contributed by atoms with Crippen LogP contribution >= 0.6 is 0 Å². The molecule has 0 bridgehead atoms. The van der Waals surface area contributed by atoms with Crippen molar-refractivity contribution in [1.82, 2.24) is 0 Å². The van der Waals surface area contributed by atoms with E-state index in [4.69, 9.17) is 5.11 Å². The molecule has 136 valence electrons. The SMILES string of the molecule is O=C(O)[C@@H]1CC[C@H](C(=O)Nc2ccc(F)c(N3CCCS3(=O)=O)c2)C1. The number of carbonyl (C=O) groups excluding carboxylic acids is 1. The van der Waals surface area contributed by atoms with Crippen LogP contribution in [0.5, 0.6) is 0 Å². The van der Waals surface area contributed by atoms with E-state index in [0.717, 1.165) is 10.4 Å². The lowest BCUT2D eigenvalue weighted by Gasteiger charge is -2.19. The number of hydrogen-bond acceptors (Lipinski definition) is 4. The topological polar surface area (TPSA) is 104 Å². The highest BCUT2D eigenvalue weighted by molar-refractivity contribution is 7.93. The number of hydrogen-bond donors (Lipinski definition) is 2. The highest BCUT2D eigenvalue weighted by atomic mass is 32.2. The molecule has 1 aromatic rings. The molecule has 2 fully saturated rings. The van der Waals surface area contributed by atoms with Crippen LogP contribution in [0.4, 0.5) is 15.8 Å². The smallest absolute Gasteiger partial charge is 0.306 e. The van der Waals surface area contributed by atoms with Crippen LogP contribution in [0.2, 0.25) is 0 Å². The molecule has 1 aliphatic carbocycles. The van der Waals surface area contributed by atoms with Crippen molar-refractivity contribution in [3.8, 4) is 0 Å². The summed E-state index contributed by atoms with van der Waals surface area (Å²) >= 11 is 0. The molecule has 2 atom stereocenters. The van der Waals surface area contributed by atoms with Crippen LogP contribution in [0, 0.1) is 17.7 Å². The van der Waals surface area contributed by atoms with E-state index < -0.39 is 33.6 Å². The first-order chi connectivity index (χ1) is 11.8. The fourth-order valence-electron chi connectivity index (χ4n) is 3.38. The molecule has 1 saturated carbocycles. The third-order valence-corrected chi connectivity index (χ3v) is 6.59. The normalized spacial score (nSPS) is 25.1. The lowest BCUT2D eigenvalue weighted by molar-refractivity contribution is -0.141. The number of benzene rings is 1. The van der Waals surface area contributed by atoms with Gasteiger partial charge in [-0.3, -0.25) is 13.9 Å². The molecule has 1 aliphatic heterocycles. The second kappa shape index (κ2) is 6.62. The Hall–Kier alpha value is -2.16. The average molecular weight is 370 g/mol. The van der Waals surface area contributed by atoms with E-state index in [1.54, 1.807) is 0 Å². The summed E-state index contributed by atoms with van der Waals surface area (Å²) in [7, 11) is -3.52. The van der Waals surface area contributed by atoms with Crippen LogP contribution in [0.25, 0.3) is 0 Å². The van der Waals surface area contributed by atoms with E-state index in [1.807, 2.05) is 0 Å². The molecule has 0 spiro atoms. The Morgan fingerprint density at radius 3 is 2.56 bits per heavy atom. The molecule has 0 aromatic heterocycles. The summed E-state index contributed by atoms with van der Waals surface area (Å²) in [5, 5.41) is 11.6. The minimum absolute atomic E-state index is 0.0261. The Kier molecular flexibility index (Phi) is 4.68. The van der Waals surface area contributed by atoms with Crippen molar-refractivity contribution in [3.05, 3.63) is 24.0 Å². The highest BCUT2D eigenvalue weighted by Gasteiger charge is 2.34. The minimum Gasteiger partial charge on any atom is -0.481 e. The van der Waals surface area contributed by atoms with Gasteiger partial charge in [0, 0.05) is 18.2 Å². The van der Waals surface area contributed by atoms with Gasteiger partial charge in [0.05, 0.1) is 17.4 Å². The minimum atomic E-state index is -3.52. The first-order valence-electron chi connectivity index (χ1n) is 8.11. The first-order valence-corrected chi connectivity index (χ1v) is 9.72. The number of amides is 1. The van der Waals surface area contributed by atoms with Gasteiger partial charge >= 0.3 is 5.97 Å². The number of carboxylic acid groups (broad SMARTS) is 1. The van der Waals surface area contributed by atoms with E-state index in [1.165, 1.54) is 12.1 Å². The van der Waals surface area contributed by atoms with Gasteiger partial charge in [-0.1, -0.05) is 0 Å². The Bertz CT molecular complexity index is 811. The highest BCUT2D eigenvalue weighted by Crippen LogP contribution is 2.33. The molecule has 1 saturated heterocycles. The van der Waals surface area contributed by atoms with Crippen molar-refractivity contribution in [2.45, 2.75) is 25.7 Å². The van der Waals surface area contributed by atoms with Gasteiger partial charge in [0.1, 0.15) is 5.82 Å². The molecular formula is C16H19FN2O5S. The van der Waals surface area contributed by atoms with Gasteiger partial charge in [0.15, 0.2) is 0 Å². The van der Waals surface area contributed by atoms with Crippen molar-refractivity contribution in [1.29, 1.82) is 0 Å². The third kappa shape index (κ3) is 3.60. The van der Waals surface area contributed by atoms with Gasteiger partial charge < -0.3 is 10.4 Å². The van der Waals surface area contributed by atoms with Gasteiger partial charge in [-0.05, 0) is 43.9 Å². The van der Waals surface area contributed by atoms with Crippen molar-refractivity contribution in [2.75, 3.05) is 21.9 Å². The van der Waals surface area contributed by atoms with E-state index in [9.17, 15) is 22.4 Å². The van der Waals surface area contributed by atoms with Crippen molar-refractivity contribution >= 4 is 33.3 Å². The molecule has 0 radical (unpaired) electrons. The number of aliphatic carboxylic acids is 1. The molecule has 3 rings (SSSR count). The average Bonchev–Trinajstić information content (AvgIpc) is 3.16. The van der Waals surface area contributed by atoms with Crippen LogP contribution < -0.4 is 9.62 Å². The Morgan fingerprint density at radius 1 is 1.24 bits per heavy atom. The number of nitrogens with zero attached hydrogens (tertiary/aromatic N) is 1. The van der Waals surface area contributed by atoms with E-state index >= 15 is 0 Å². The summed E-state index contributed by atoms with van der Waals surface area (Å²) in [6.07, 6.45) is 1.64. The van der Waals surface area contributed by atoms with Crippen LogP contribution in [0.1, 0.15) is 25.7 Å². The van der Waals surface area contributed by atoms with Crippen LogP contribution in [-0.4, -0.2) is 37.7 Å². The zero-order valence-electron chi connectivity index (χ0n) is 13.4. The summed E-state index contributed by atoms with van der Waals surface area (Å²) in [5.74, 6) is -2.86. The standard InChI is InChI=1S/C16H19FN2O5S/c17-13-5-4-12(9-14(13)19-6-1-7-25(19,23)24)18-15(20)10-2-3-11(8-10)16(21)22/h4-5,9-11H,1-3,6-8H2,(H,18,20)(H,21,22)/t10-,11+/m0/s1. The van der Waals surface area contributed by atoms with Gasteiger partial charge in [0.2, 0.25) is 15.9 Å². The third-order valence-electron chi connectivity index (χ3n) is 4.73. The quantitative estimate of drug-likeness (QED) is 0.841. The van der Waals surface area contributed by atoms with Crippen LogP contribution in [0.15, 0.2) is 18.2 Å². The first kappa shape index (κ1) is 17.7. The molecule has 1 amide bonds. The summed E-state index contributed by atoms with van der Waals surface area (Å²) in [6, 6.07) is 3.79. The van der Waals surface area contributed by atoms with Crippen molar-refractivity contribution in [3.63, 3.8) is 0 Å². The number of anilines is 2. The molecule has 1 aromatic carbocycles. The molecule has 25 heavy (non-hydrogen) atoms. The van der Waals surface area contributed by atoms with E-state index in [0.29, 0.717) is 24.9 Å². The number of sulfonamides is 1. The number of carbonyl (C=O) groups is 2. The van der Waals surface area contributed by atoms with Crippen LogP contribution in [-0.2, 0) is 19.6 Å². The monoisotopic (exact) mass is 370 g/mol. The summed E-state index contributed by atoms with van der Waals surface area (Å²) in [6.45, 7) is 0.208. The molecule has 2 aliphatic rings. The Labute approximate surface area is 144 Å². The number of rotatable bonds is 4. The van der Waals surface area contributed by atoms with Crippen molar-refractivity contribution in [2.24, 2.45) is 11.8 Å². The molecule has 1 heterocycles. The Balaban J connectivity index is 1.75. The van der Waals surface area contributed by atoms with Gasteiger partial charge in [0.25, 0.3) is 0 Å². The molecule has 2 N–H and O–H groups in total. The van der Waals surface area contributed by atoms with Gasteiger partial charge in [-0.15, -0.1) is 0 Å². The molecule has 7 nitrogen and oxygen atoms in total. The largest absolute Gasteiger partial charge is 0.481 e. The second-order valence-electron chi connectivity index (χ2n) is 6.44. The number of halogens is 1. The maximum atomic E-state index is 14.1. The van der Waals surface area contributed by atoms with Crippen LogP contribution in [0.3, 0.4) is 0 Å². The predicted octanol–water partition coefficient (Wildman–Crippen LogP) is 1.80. The van der Waals surface area contributed by atoms with E-state index in [-0.39, 0.29) is 30.3 Å². The lowest BCUT2D eigenvalue weighted by Crippen LogP contribution is -2.26. The molecule has 9 heteroatoms. The zero-order chi connectivity index (χ0) is 18.2. The summed E-state index contributed by atoms with van der Waals surface area (Å²) in [4.78, 5) is 23.3. The van der Waals surface area contributed by atoms with E-state index in [2.05, 4.69) is 5.32 Å². The summed E-state index contributed by atoms with van der Waals surface area (Å²) in [5.41, 5.74) is 0.215. The van der Waals surface area contributed by atoms with Crippen molar-refractivity contribution < 1.29 is 27.5 Å². The zero-order valence-corrected chi connectivity index (χ0v) is 14.3. The maximum absolute atomic E-state index is 14.1. The lowest BCUT2D eigenvalue weighted by atomic mass is 10.0.